The maximum absolute atomic E-state index is 4.07. The zero-order chi connectivity index (χ0) is 24.3. The van der Waals surface area contributed by atoms with E-state index < -0.39 is 0 Å². The van der Waals surface area contributed by atoms with Gasteiger partial charge in [0.25, 0.3) is 0 Å². The number of aromatic nitrogens is 2. The van der Waals surface area contributed by atoms with Gasteiger partial charge in [0.15, 0.2) is 0 Å². The average molecular weight is 449 g/mol. The van der Waals surface area contributed by atoms with Crippen LogP contribution in [0.3, 0.4) is 0 Å². The molecule has 0 bridgehead atoms. The Hall–Kier alpha value is -2.48. The van der Waals surface area contributed by atoms with Crippen molar-refractivity contribution in [3.63, 3.8) is 0 Å². The number of hydrogen-bond acceptors (Lipinski definition) is 2. The fourth-order valence-electron chi connectivity index (χ4n) is 3.17. The van der Waals surface area contributed by atoms with Gasteiger partial charge in [-0.05, 0) is 64.0 Å². The Bertz CT molecular complexity index is 799. The summed E-state index contributed by atoms with van der Waals surface area (Å²) in [4.78, 5) is 8.04. The summed E-state index contributed by atoms with van der Waals surface area (Å²) < 4.78 is 0. The lowest BCUT2D eigenvalue weighted by molar-refractivity contribution is 0.410. The highest BCUT2D eigenvalue weighted by atomic mass is 14.6. The molecule has 0 N–H and O–H groups in total. The molecule has 0 aliphatic heterocycles. The van der Waals surface area contributed by atoms with Crippen LogP contribution in [-0.4, -0.2) is 9.97 Å². The van der Waals surface area contributed by atoms with Crippen molar-refractivity contribution >= 4 is 0 Å². The van der Waals surface area contributed by atoms with Gasteiger partial charge in [-0.3, -0.25) is 9.97 Å². The molecule has 2 nitrogen and oxygen atoms in total. The van der Waals surface area contributed by atoms with Gasteiger partial charge in [-0.2, -0.15) is 0 Å². The molecule has 0 unspecified atom stereocenters. The molecule has 0 spiro atoms. The third-order valence-electron chi connectivity index (χ3n) is 4.58. The molecule has 3 aromatic rings. The van der Waals surface area contributed by atoms with Crippen LogP contribution in [0.2, 0.25) is 0 Å². The van der Waals surface area contributed by atoms with Crippen molar-refractivity contribution in [3.8, 4) is 0 Å². The van der Waals surface area contributed by atoms with Crippen LogP contribution < -0.4 is 0 Å². The summed E-state index contributed by atoms with van der Waals surface area (Å²) in [7, 11) is 0. The van der Waals surface area contributed by atoms with Crippen molar-refractivity contribution in [3.05, 3.63) is 96.1 Å². The largest absolute Gasteiger partial charge is 0.265 e. The Morgan fingerprint density at radius 1 is 0.545 bits per heavy atom. The Balaban J connectivity index is 0.000000459. The Kier molecular flexibility index (Phi) is 12.9. The predicted molar refractivity (Wildman–Crippen MR) is 147 cm³/mol. The highest BCUT2D eigenvalue weighted by molar-refractivity contribution is 5.22. The standard InChI is InChI=1S/2C10H15N.C10H14.CH4/c1-10(2,3)8-9-4-6-11-7-5-9;1-10(2,3)7-9-5-4-6-11-8-9;1-10(2,3)9-7-5-4-6-8-9;/h4-7H,8H2,1-3H3;4-6,8H,7H2,1-3H3;4-8H,1-3H3;1H4. The van der Waals surface area contributed by atoms with Crippen molar-refractivity contribution in [1.29, 1.82) is 0 Å². The van der Waals surface area contributed by atoms with Crippen LogP contribution in [0, 0.1) is 10.8 Å². The quantitative estimate of drug-likeness (QED) is 0.391. The number of nitrogens with zero attached hydrogens (tertiary/aromatic N) is 2. The minimum atomic E-state index is 0. The smallest absolute Gasteiger partial charge is 0.0300 e. The topological polar surface area (TPSA) is 25.8 Å². The third kappa shape index (κ3) is 15.9. The molecular weight excluding hydrogens is 400 g/mol. The summed E-state index contributed by atoms with van der Waals surface area (Å²) in [6.07, 6.45) is 9.66. The maximum atomic E-state index is 4.07. The molecule has 0 amide bonds. The van der Waals surface area contributed by atoms with Crippen LogP contribution in [0.25, 0.3) is 0 Å². The lowest BCUT2D eigenvalue weighted by atomic mass is 9.87. The molecule has 0 radical (unpaired) electrons. The van der Waals surface area contributed by atoms with Gasteiger partial charge in [-0.25, -0.2) is 0 Å². The average Bonchev–Trinajstić information content (AvgIpc) is 2.68. The van der Waals surface area contributed by atoms with E-state index in [9.17, 15) is 0 Å². The van der Waals surface area contributed by atoms with Gasteiger partial charge >= 0.3 is 0 Å². The van der Waals surface area contributed by atoms with Crippen LogP contribution >= 0.6 is 0 Å². The number of benzene rings is 1. The molecule has 0 aliphatic carbocycles. The van der Waals surface area contributed by atoms with Gasteiger partial charge in [0.05, 0.1) is 0 Å². The van der Waals surface area contributed by atoms with E-state index in [1.165, 1.54) is 16.7 Å². The summed E-state index contributed by atoms with van der Waals surface area (Å²) in [5, 5.41) is 0. The normalized spacial score (nSPS) is 11.2. The zero-order valence-corrected chi connectivity index (χ0v) is 21.8. The Morgan fingerprint density at radius 3 is 1.45 bits per heavy atom. The minimum absolute atomic E-state index is 0. The van der Waals surface area contributed by atoms with Crippen LogP contribution in [0.1, 0.15) is 86.4 Å². The molecule has 0 saturated heterocycles. The maximum Gasteiger partial charge on any atom is 0.0300 e. The van der Waals surface area contributed by atoms with Crippen LogP contribution in [0.5, 0.6) is 0 Å². The summed E-state index contributed by atoms with van der Waals surface area (Å²) in [6.45, 7) is 20.1. The van der Waals surface area contributed by atoms with Gasteiger partial charge in [-0.1, -0.05) is 106 Å². The van der Waals surface area contributed by atoms with E-state index in [1.54, 1.807) is 0 Å². The molecule has 0 fully saturated rings. The molecule has 33 heavy (non-hydrogen) atoms. The number of pyridine rings is 2. The summed E-state index contributed by atoms with van der Waals surface area (Å²) in [5.74, 6) is 0. The SMILES string of the molecule is C.CC(C)(C)Cc1cccnc1.CC(C)(C)Cc1ccncc1.CC(C)(C)c1ccccc1. The molecule has 3 rings (SSSR count). The van der Waals surface area contributed by atoms with E-state index in [4.69, 9.17) is 0 Å². The summed E-state index contributed by atoms with van der Waals surface area (Å²) in [6, 6.07) is 18.8. The molecular formula is C31H48N2. The second-order valence-corrected chi connectivity index (χ2v) is 11.8. The molecule has 0 saturated carbocycles. The molecule has 2 heterocycles. The monoisotopic (exact) mass is 448 g/mol. The highest BCUT2D eigenvalue weighted by Gasteiger charge is 2.12. The van der Waals surface area contributed by atoms with Crippen molar-refractivity contribution in [2.24, 2.45) is 10.8 Å². The highest BCUT2D eigenvalue weighted by Crippen LogP contribution is 2.21. The summed E-state index contributed by atoms with van der Waals surface area (Å²) >= 11 is 0. The Labute approximate surface area is 204 Å². The van der Waals surface area contributed by atoms with Gasteiger partial charge < -0.3 is 0 Å². The third-order valence-corrected chi connectivity index (χ3v) is 4.58. The molecule has 2 aromatic heterocycles. The molecule has 1 aromatic carbocycles. The second-order valence-electron chi connectivity index (χ2n) is 11.8. The molecule has 182 valence electrons. The first-order valence-corrected chi connectivity index (χ1v) is 11.6. The molecule has 0 atom stereocenters. The first-order valence-electron chi connectivity index (χ1n) is 11.6. The fourth-order valence-corrected chi connectivity index (χ4v) is 3.17. The van der Waals surface area contributed by atoms with Crippen LogP contribution in [-0.2, 0) is 18.3 Å². The molecule has 2 heteroatoms. The lowest BCUT2D eigenvalue weighted by Gasteiger charge is -2.18. The number of rotatable bonds is 2. The second kappa shape index (κ2) is 13.9. The van der Waals surface area contributed by atoms with Gasteiger partial charge in [0, 0.05) is 24.8 Å². The van der Waals surface area contributed by atoms with E-state index in [-0.39, 0.29) is 7.43 Å². The van der Waals surface area contributed by atoms with Crippen molar-refractivity contribution in [2.75, 3.05) is 0 Å². The van der Waals surface area contributed by atoms with Gasteiger partial charge in [0.1, 0.15) is 0 Å². The van der Waals surface area contributed by atoms with Crippen molar-refractivity contribution < 1.29 is 0 Å². The Morgan fingerprint density at radius 2 is 1.06 bits per heavy atom. The van der Waals surface area contributed by atoms with Crippen LogP contribution in [0.15, 0.2) is 79.4 Å². The fraction of sp³-hybridized carbons (Fsp3) is 0.484. The summed E-state index contributed by atoms with van der Waals surface area (Å²) in [5.41, 5.74) is 5.12. The molecule has 0 aliphatic rings. The van der Waals surface area contributed by atoms with E-state index >= 15 is 0 Å². The lowest BCUT2D eigenvalue weighted by Crippen LogP contribution is -2.10. The number of hydrogen-bond donors (Lipinski definition) is 0. The van der Waals surface area contributed by atoms with Crippen molar-refractivity contribution in [2.45, 2.75) is 88.0 Å². The first-order chi connectivity index (χ1) is 14.8. The first kappa shape index (κ1) is 30.5. The minimum Gasteiger partial charge on any atom is -0.265 e. The van der Waals surface area contributed by atoms with Gasteiger partial charge in [-0.15, -0.1) is 0 Å². The van der Waals surface area contributed by atoms with E-state index in [0.717, 1.165) is 12.8 Å². The van der Waals surface area contributed by atoms with Crippen LogP contribution in [0.4, 0.5) is 0 Å². The van der Waals surface area contributed by atoms with E-state index in [2.05, 4.69) is 121 Å². The van der Waals surface area contributed by atoms with E-state index in [1.807, 2.05) is 30.9 Å². The predicted octanol–water partition coefficient (Wildman–Crippen LogP) is 8.96. The van der Waals surface area contributed by atoms with E-state index in [0.29, 0.717) is 16.2 Å². The van der Waals surface area contributed by atoms with Crippen molar-refractivity contribution in [1.82, 2.24) is 9.97 Å². The van der Waals surface area contributed by atoms with Gasteiger partial charge in [0.2, 0.25) is 0 Å². The zero-order valence-electron chi connectivity index (χ0n) is 21.8.